The van der Waals surface area contributed by atoms with Crippen molar-refractivity contribution in [2.45, 2.75) is 82.5 Å². The number of pyridine rings is 1. The Morgan fingerprint density at radius 1 is 0.340 bits per heavy atom. The first-order valence-electron chi connectivity index (χ1n) is 44.1. The van der Waals surface area contributed by atoms with Crippen LogP contribution in [0.5, 0.6) is 5.88 Å². The fourth-order valence-corrected chi connectivity index (χ4v) is 21.4. The van der Waals surface area contributed by atoms with Gasteiger partial charge < -0.3 is 31.3 Å². The van der Waals surface area contributed by atoms with Crippen LogP contribution >= 0.6 is 79.9 Å². The molecule has 37 nitrogen and oxygen atoms in total. The number of anilines is 5. The van der Waals surface area contributed by atoms with E-state index < -0.39 is 67.7 Å². The van der Waals surface area contributed by atoms with Crippen LogP contribution in [0, 0.1) is 5.82 Å². The van der Waals surface area contributed by atoms with Crippen LogP contribution in [0.3, 0.4) is 0 Å². The predicted molar refractivity (Wildman–Crippen MR) is 565 cm³/mol. The number of nitrogens with zero attached hydrogens (tertiary/aromatic N) is 16. The molecule has 762 valence electrons. The molecule has 0 bridgehead atoms. The van der Waals surface area contributed by atoms with Gasteiger partial charge in [0.2, 0.25) is 106 Å². The summed E-state index contributed by atoms with van der Waals surface area (Å²) in [7, 11) is -16.8. The Morgan fingerprint density at radius 2 is 0.619 bits per heavy atom. The largest absolute Gasteiger partial charge is 0.481 e. The minimum Gasteiger partial charge on any atom is -0.481 e. The Morgan fingerprint density at radius 3 is 0.891 bits per heavy atom. The molecule has 0 spiro atoms. The van der Waals surface area contributed by atoms with Gasteiger partial charge in [0.15, 0.2) is 0 Å². The number of benzene rings is 9. The third-order valence-electron chi connectivity index (χ3n) is 22.1. The van der Waals surface area contributed by atoms with Gasteiger partial charge in [0.1, 0.15) is 5.82 Å². The average Bonchev–Trinajstić information content (AvgIpc) is 1.65. The maximum Gasteiger partial charge on any atom is 0.416 e. The second-order valence-corrected chi connectivity index (χ2v) is 46.1. The van der Waals surface area contributed by atoms with Gasteiger partial charge in [-0.3, -0.25) is 0 Å². The molecule has 0 unspecified atom stereocenters. The number of fused-ring (bicyclic) bond motifs is 5. The van der Waals surface area contributed by atoms with Crippen molar-refractivity contribution in [3.63, 3.8) is 0 Å². The molecule has 0 saturated carbocycles. The second kappa shape index (κ2) is 45.7. The number of primary sulfonamides is 5. The normalized spacial score (nSPS) is 11.9. The number of rotatable bonds is 32. The Hall–Kier alpha value is -13.7. The minimum absolute atomic E-state index is 0.0412. The number of nitrogens with two attached hydrogens (primary N) is 5. The Balaban J connectivity index is 0.000000131. The maximum atomic E-state index is 13.4. The van der Waals surface area contributed by atoms with E-state index in [1.807, 2.05) is 41.0 Å². The number of hydrogen-bond acceptors (Lipinski definition) is 32. The van der Waals surface area contributed by atoms with Gasteiger partial charge in [0, 0.05) is 77.8 Å². The van der Waals surface area contributed by atoms with Gasteiger partial charge in [-0.15, -0.1) is 25.5 Å². The molecule has 0 amide bonds. The molecule has 20 rings (SSSR count). The van der Waals surface area contributed by atoms with E-state index >= 15 is 0 Å². The van der Waals surface area contributed by atoms with Crippen molar-refractivity contribution in [3.05, 3.63) is 316 Å². The van der Waals surface area contributed by atoms with Crippen molar-refractivity contribution in [2.24, 2.45) is 25.7 Å². The second-order valence-electron chi connectivity index (χ2n) is 32.6. The molecule has 15 N–H and O–H groups in total. The van der Waals surface area contributed by atoms with Crippen LogP contribution < -0.4 is 57.0 Å². The lowest BCUT2D eigenvalue weighted by atomic mass is 10.0. The lowest BCUT2D eigenvalue weighted by Crippen LogP contribution is -2.12. The third kappa shape index (κ3) is 27.4. The SMILES string of the molecule is CC(C)c1ccc(-c2cnc3sc(NCCc4ccc(S(N)(=O)=O)cc4)nn23)cc1.COc1ccc(-c2cnc3sc(NCCc4ccc(S(N)(=O)=O)cc4)nn23)cn1.NS(=O)(=O)c1ccc(CCNc2nn3c(-c4ccc(F)c(Cl)c4)cnc3s2)cc1.NS(=O)(=O)c1ccc(CCNc2nn3c(-c4cccc(C(F)(F)F)c4)cnc3s2)cc1.NS(=O)(=O)c1ccc(CCNc2nn3c(-c4cccc(Cl)c4)cnc3s2)cc1. The van der Waals surface area contributed by atoms with E-state index in [-0.39, 0.29) is 29.5 Å². The molecule has 0 aliphatic carbocycles. The molecule has 0 saturated heterocycles. The third-order valence-corrected chi connectivity index (χ3v) is 31.6. The number of halogens is 6. The first-order chi connectivity index (χ1) is 70.1. The first-order valence-corrected chi connectivity index (χ1v) is 56.6. The Bertz CT molecular complexity index is 8680. The number of aromatic nitrogens is 16. The van der Waals surface area contributed by atoms with E-state index in [1.54, 1.807) is 124 Å². The van der Waals surface area contributed by atoms with E-state index in [4.69, 9.17) is 53.6 Å². The summed E-state index contributed by atoms with van der Waals surface area (Å²) in [6, 6.07) is 61.6. The lowest BCUT2D eigenvalue weighted by Gasteiger charge is -2.07. The van der Waals surface area contributed by atoms with Gasteiger partial charge in [-0.05, 0) is 181 Å². The minimum atomic E-state index is -4.43. The van der Waals surface area contributed by atoms with Crippen molar-refractivity contribution in [2.75, 3.05) is 66.4 Å². The number of imidazole rings is 5. The summed E-state index contributed by atoms with van der Waals surface area (Å²) in [5.41, 5.74) is 13.3. The fourth-order valence-electron chi connectivity index (χ4n) is 14.5. The van der Waals surface area contributed by atoms with Crippen LogP contribution in [0.1, 0.15) is 58.7 Å². The molecule has 0 radical (unpaired) electrons. The van der Waals surface area contributed by atoms with E-state index in [0.29, 0.717) is 112 Å². The molecule has 0 atom stereocenters. The van der Waals surface area contributed by atoms with Gasteiger partial charge >= 0.3 is 6.18 Å². The number of ether oxygens (including phenoxy) is 1. The van der Waals surface area contributed by atoms with Crippen LogP contribution in [0.15, 0.2) is 286 Å². The van der Waals surface area contributed by atoms with Crippen LogP contribution in [-0.4, -0.2) is 160 Å². The fraction of sp³-hybridized carbons (Fsp3) is 0.160. The monoisotopic (exact) mass is 2220 g/mol. The van der Waals surface area contributed by atoms with Gasteiger partial charge in [0.25, 0.3) is 0 Å². The molecule has 11 heterocycles. The zero-order valence-corrected chi connectivity index (χ0v) is 87.0. The van der Waals surface area contributed by atoms with Crippen molar-refractivity contribution in [3.8, 4) is 62.2 Å². The smallest absolute Gasteiger partial charge is 0.416 e. The summed E-state index contributed by atoms with van der Waals surface area (Å²) in [6.07, 6.45) is 9.28. The number of hydrogen-bond donors (Lipinski definition) is 10. The summed E-state index contributed by atoms with van der Waals surface area (Å²) in [5, 5.41) is 68.8. The van der Waals surface area contributed by atoms with Crippen molar-refractivity contribution >= 4 is 180 Å². The lowest BCUT2D eigenvalue weighted by molar-refractivity contribution is -0.137. The first kappa shape index (κ1) is 106. The number of nitrogens with one attached hydrogen (secondary N) is 5. The number of sulfonamides is 5. The summed E-state index contributed by atoms with van der Waals surface area (Å²) in [6.45, 7) is 7.44. The summed E-state index contributed by atoms with van der Waals surface area (Å²) in [4.78, 5) is 30.2. The molecule has 0 aliphatic rings. The molecule has 0 fully saturated rings. The molecule has 0 aliphatic heterocycles. The van der Waals surface area contributed by atoms with Crippen molar-refractivity contribution in [1.29, 1.82) is 0 Å². The van der Waals surface area contributed by atoms with E-state index in [1.165, 1.54) is 152 Å². The van der Waals surface area contributed by atoms with Crippen LogP contribution in [-0.2, 0) is 88.4 Å². The Labute approximate surface area is 868 Å². The molecule has 11 aromatic heterocycles. The Kier molecular flexibility index (Phi) is 33.0. The standard InChI is InChI=1S/C21H23N5O2S2.C19H16F3N5O2S2.C18H15ClFN5O2S2.C18H16ClN5O2S2.C18H18N6O3S2/c1-14(2)16-5-7-17(8-6-16)19-13-24-21-26(19)25-20(29-21)23-12-11-15-3-9-18(10-4-15)30(22,27)28;20-19(21,22)14-3-1-2-13(10-14)16-11-25-18-27(16)26-17(30-18)24-9-8-12-4-6-15(7-5-12)31(23,28)29;19-14-9-12(3-6-15(14)20)16-10-23-18-25(16)24-17(28-18)22-8-7-11-1-4-13(5-2-11)29(21,26)27;19-14-3-1-2-13(10-14)16-11-22-18-24(16)23-17(27-18)21-9-8-12-4-6-15(7-5-12)28(20,25)26;1-27-16-7-4-13(10-21-16)15-11-22-18-24(15)23-17(28-18)20-9-8-12-2-5-14(6-3-12)29(19,25)26/h3-10,13-14H,11-12H2,1-2H3,(H,23,25)(H2,22,27,28);1-7,10-11H,8-9H2,(H,24,26)(H2,23,28,29);1-6,9-10H,7-8H2,(H,22,24)(H2,21,26,27);1-7,10-11H,8-9H2,(H,21,23)(H2,20,25,26);2-7,10-11H,8-9H2,1H3,(H,20,23)(H2,19,25,26). The number of methoxy groups -OCH3 is 1. The molecule has 20 aromatic rings. The van der Waals surface area contributed by atoms with E-state index in [2.05, 4.69) is 120 Å². The van der Waals surface area contributed by atoms with Crippen LogP contribution in [0.4, 0.5) is 43.2 Å². The van der Waals surface area contributed by atoms with Crippen LogP contribution in [0.25, 0.3) is 81.1 Å². The topological polar surface area (TPSA) is 534 Å². The quantitative estimate of drug-likeness (QED) is 0.0175. The van der Waals surface area contributed by atoms with Crippen molar-refractivity contribution < 1.29 is 64.4 Å². The maximum absolute atomic E-state index is 13.4. The molecule has 9 aromatic carbocycles. The molecule has 53 heteroatoms. The molecule has 147 heavy (non-hydrogen) atoms. The molecular formula is C94H88Cl2F4N26O11S10. The highest BCUT2D eigenvalue weighted by Crippen LogP contribution is 2.37. The summed E-state index contributed by atoms with van der Waals surface area (Å²) < 4.78 is 179. The zero-order valence-electron chi connectivity index (χ0n) is 77.4. The highest BCUT2D eigenvalue weighted by molar-refractivity contribution is 7.90. The van der Waals surface area contributed by atoms with Crippen LogP contribution in [0.2, 0.25) is 10.0 Å². The highest BCUT2D eigenvalue weighted by atomic mass is 35.5. The number of alkyl halides is 3. The van der Waals surface area contributed by atoms with Crippen molar-refractivity contribution in [1.82, 2.24) is 78.0 Å². The van der Waals surface area contributed by atoms with Gasteiger partial charge in [-0.2, -0.15) is 13.2 Å². The van der Waals surface area contributed by atoms with Gasteiger partial charge in [-0.1, -0.05) is 203 Å². The zero-order chi connectivity index (χ0) is 104. The summed E-state index contributed by atoms with van der Waals surface area (Å²) >= 11 is 19.0. The van der Waals surface area contributed by atoms with E-state index in [0.717, 1.165) is 116 Å². The highest BCUT2D eigenvalue weighted by Gasteiger charge is 2.31. The summed E-state index contributed by atoms with van der Waals surface area (Å²) in [5.74, 6) is 0.566. The molecular weight excluding hydrogens is 2140 g/mol. The predicted octanol–water partition coefficient (Wildman–Crippen LogP) is 16.8. The van der Waals surface area contributed by atoms with Gasteiger partial charge in [0.05, 0.1) is 102 Å². The van der Waals surface area contributed by atoms with Gasteiger partial charge in [-0.25, -0.2) is 125 Å². The van der Waals surface area contributed by atoms with E-state index in [9.17, 15) is 59.7 Å². The average molecular weight is 2230 g/mol.